The number of anilines is 1. The average Bonchev–Trinajstić information content (AvgIpc) is 3.19. The summed E-state index contributed by atoms with van der Waals surface area (Å²) in [5, 5.41) is 14.9. The molecule has 0 saturated carbocycles. The van der Waals surface area contributed by atoms with Gasteiger partial charge < -0.3 is 14.8 Å². The van der Waals surface area contributed by atoms with Crippen molar-refractivity contribution in [3.63, 3.8) is 0 Å². The summed E-state index contributed by atoms with van der Waals surface area (Å²) in [5.74, 6) is 0.954. The number of tetrazole rings is 1. The standard InChI is InChI=1S/C21H29N5O3/c1-4-6-8-14-28-17-11-9-16(10-12-17)19-18(20(27)29-13-7-5-2)15(3)22-21-23-24-25-26(19)21/h9-12,19H,4-8,13-14H2,1-3H3,(H,22,23,25). The Morgan fingerprint density at radius 3 is 2.59 bits per heavy atom. The molecular formula is C21H29N5O3. The third-order valence-corrected chi connectivity index (χ3v) is 4.88. The van der Waals surface area contributed by atoms with Crippen molar-refractivity contribution in [3.8, 4) is 5.75 Å². The molecular weight excluding hydrogens is 370 g/mol. The topological polar surface area (TPSA) is 91.2 Å². The van der Waals surface area contributed by atoms with E-state index < -0.39 is 6.04 Å². The minimum Gasteiger partial charge on any atom is -0.494 e. The van der Waals surface area contributed by atoms with Gasteiger partial charge in [-0.3, -0.25) is 0 Å². The molecule has 1 aromatic heterocycles. The van der Waals surface area contributed by atoms with Gasteiger partial charge in [0.05, 0.1) is 18.8 Å². The Kier molecular flexibility index (Phi) is 7.21. The van der Waals surface area contributed by atoms with E-state index in [1.54, 1.807) is 4.68 Å². The van der Waals surface area contributed by atoms with E-state index in [2.05, 4.69) is 34.7 Å². The van der Waals surface area contributed by atoms with Crippen molar-refractivity contribution in [2.75, 3.05) is 18.5 Å². The lowest BCUT2D eigenvalue weighted by Gasteiger charge is -2.27. The van der Waals surface area contributed by atoms with Gasteiger partial charge in [-0.15, -0.1) is 0 Å². The fraction of sp³-hybridized carbons (Fsp3) is 0.524. The van der Waals surface area contributed by atoms with E-state index in [0.29, 0.717) is 30.4 Å². The van der Waals surface area contributed by atoms with Gasteiger partial charge in [0.25, 0.3) is 0 Å². The first kappa shape index (κ1) is 20.8. The molecule has 0 radical (unpaired) electrons. The lowest BCUT2D eigenvalue weighted by Crippen LogP contribution is -2.29. The molecule has 29 heavy (non-hydrogen) atoms. The molecule has 0 saturated heterocycles. The highest BCUT2D eigenvalue weighted by molar-refractivity contribution is 5.92. The van der Waals surface area contributed by atoms with Crippen LogP contribution in [-0.4, -0.2) is 39.4 Å². The van der Waals surface area contributed by atoms with Crippen LogP contribution in [0.3, 0.4) is 0 Å². The van der Waals surface area contributed by atoms with Crippen molar-refractivity contribution in [2.24, 2.45) is 0 Å². The molecule has 0 spiro atoms. The number of allylic oxidation sites excluding steroid dienone is 1. The highest BCUT2D eigenvalue weighted by Crippen LogP contribution is 2.35. The van der Waals surface area contributed by atoms with Crippen LogP contribution >= 0.6 is 0 Å². The number of carbonyl (C=O) groups is 1. The second-order valence-electron chi connectivity index (χ2n) is 7.13. The zero-order valence-corrected chi connectivity index (χ0v) is 17.4. The van der Waals surface area contributed by atoms with E-state index >= 15 is 0 Å². The fourth-order valence-electron chi connectivity index (χ4n) is 3.26. The molecule has 1 aromatic carbocycles. The van der Waals surface area contributed by atoms with Crippen LogP contribution in [0.5, 0.6) is 5.75 Å². The Hall–Kier alpha value is -2.90. The zero-order chi connectivity index (χ0) is 20.6. The molecule has 2 aromatic rings. The lowest BCUT2D eigenvalue weighted by molar-refractivity contribution is -0.139. The summed E-state index contributed by atoms with van der Waals surface area (Å²) in [6.07, 6.45) is 5.15. The van der Waals surface area contributed by atoms with Gasteiger partial charge >= 0.3 is 5.97 Å². The van der Waals surface area contributed by atoms with Gasteiger partial charge in [0, 0.05) is 5.70 Å². The van der Waals surface area contributed by atoms with Crippen LogP contribution in [-0.2, 0) is 9.53 Å². The molecule has 0 fully saturated rings. The maximum Gasteiger partial charge on any atom is 0.338 e. The highest BCUT2D eigenvalue weighted by Gasteiger charge is 2.34. The Bertz CT molecular complexity index is 844. The summed E-state index contributed by atoms with van der Waals surface area (Å²) in [7, 11) is 0. The normalized spacial score (nSPS) is 15.6. The monoisotopic (exact) mass is 399 g/mol. The number of benzene rings is 1. The van der Waals surface area contributed by atoms with Crippen molar-refractivity contribution in [1.29, 1.82) is 0 Å². The predicted octanol–water partition coefficient (Wildman–Crippen LogP) is 3.87. The first-order valence-electron chi connectivity index (χ1n) is 10.3. The lowest BCUT2D eigenvalue weighted by atomic mass is 9.96. The second kappa shape index (κ2) is 10.0. The number of nitrogens with one attached hydrogen (secondary N) is 1. The summed E-state index contributed by atoms with van der Waals surface area (Å²) < 4.78 is 12.9. The number of fused-ring (bicyclic) bond motifs is 1. The number of rotatable bonds is 10. The van der Waals surface area contributed by atoms with Crippen LogP contribution < -0.4 is 10.1 Å². The van der Waals surface area contributed by atoms with E-state index in [9.17, 15) is 4.79 Å². The molecule has 8 heteroatoms. The molecule has 1 aliphatic heterocycles. The van der Waals surface area contributed by atoms with E-state index in [4.69, 9.17) is 9.47 Å². The van der Waals surface area contributed by atoms with Crippen LogP contribution in [0.4, 0.5) is 5.95 Å². The highest BCUT2D eigenvalue weighted by atomic mass is 16.5. The summed E-state index contributed by atoms with van der Waals surface area (Å²) in [6, 6.07) is 7.28. The number of esters is 1. The van der Waals surface area contributed by atoms with E-state index in [1.165, 1.54) is 0 Å². The van der Waals surface area contributed by atoms with E-state index in [1.807, 2.05) is 31.2 Å². The van der Waals surface area contributed by atoms with Gasteiger partial charge in [-0.05, 0) is 47.9 Å². The third-order valence-electron chi connectivity index (χ3n) is 4.88. The molecule has 1 aliphatic rings. The van der Waals surface area contributed by atoms with Crippen LogP contribution in [0.25, 0.3) is 0 Å². The molecule has 0 bridgehead atoms. The molecule has 156 valence electrons. The molecule has 3 rings (SSSR count). The first-order valence-corrected chi connectivity index (χ1v) is 10.3. The SMILES string of the molecule is CCCCCOc1ccc(C2C(C(=O)OCCCC)=C(C)Nc3nnnn32)cc1. The summed E-state index contributed by atoms with van der Waals surface area (Å²) in [5.41, 5.74) is 2.10. The van der Waals surface area contributed by atoms with Gasteiger partial charge in [-0.25, -0.2) is 4.79 Å². The minimum atomic E-state index is -0.454. The largest absolute Gasteiger partial charge is 0.494 e. The first-order chi connectivity index (χ1) is 14.2. The van der Waals surface area contributed by atoms with Crippen molar-refractivity contribution < 1.29 is 14.3 Å². The maximum absolute atomic E-state index is 12.8. The van der Waals surface area contributed by atoms with Crippen molar-refractivity contribution >= 4 is 11.9 Å². The van der Waals surface area contributed by atoms with Gasteiger partial charge in [-0.1, -0.05) is 50.3 Å². The molecule has 1 atom stereocenters. The minimum absolute atomic E-state index is 0.352. The second-order valence-corrected chi connectivity index (χ2v) is 7.13. The number of ether oxygens (including phenoxy) is 2. The van der Waals surface area contributed by atoms with Crippen LogP contribution in [0.2, 0.25) is 0 Å². The van der Waals surface area contributed by atoms with Crippen LogP contribution in [0.1, 0.15) is 64.5 Å². The summed E-state index contributed by atoms with van der Waals surface area (Å²) in [4.78, 5) is 12.8. The number of hydrogen-bond donors (Lipinski definition) is 1. The molecule has 0 amide bonds. The summed E-state index contributed by atoms with van der Waals surface area (Å²) >= 11 is 0. The van der Waals surface area contributed by atoms with Gasteiger partial charge in [0.2, 0.25) is 5.95 Å². The van der Waals surface area contributed by atoms with Gasteiger partial charge in [-0.2, -0.15) is 4.68 Å². The Balaban J connectivity index is 1.83. The Morgan fingerprint density at radius 2 is 1.86 bits per heavy atom. The number of aromatic nitrogens is 4. The number of nitrogens with zero attached hydrogens (tertiary/aromatic N) is 4. The molecule has 8 nitrogen and oxygen atoms in total. The van der Waals surface area contributed by atoms with E-state index in [-0.39, 0.29) is 5.97 Å². The quantitative estimate of drug-likeness (QED) is 0.479. The Labute approximate surface area is 171 Å². The number of hydrogen-bond acceptors (Lipinski definition) is 7. The van der Waals surface area contributed by atoms with Crippen molar-refractivity contribution in [2.45, 2.75) is 58.9 Å². The third kappa shape index (κ3) is 4.93. The molecule has 2 heterocycles. The predicted molar refractivity (Wildman–Crippen MR) is 110 cm³/mol. The summed E-state index contributed by atoms with van der Waals surface area (Å²) in [6.45, 7) is 7.16. The average molecular weight is 399 g/mol. The van der Waals surface area contributed by atoms with Gasteiger partial charge in [0.1, 0.15) is 11.8 Å². The number of unbranched alkanes of at least 4 members (excludes halogenated alkanes) is 3. The van der Waals surface area contributed by atoms with E-state index in [0.717, 1.165) is 43.4 Å². The smallest absolute Gasteiger partial charge is 0.338 e. The molecule has 1 N–H and O–H groups in total. The zero-order valence-electron chi connectivity index (χ0n) is 17.4. The fourth-order valence-corrected chi connectivity index (χ4v) is 3.26. The van der Waals surface area contributed by atoms with Crippen molar-refractivity contribution in [1.82, 2.24) is 20.2 Å². The van der Waals surface area contributed by atoms with Crippen LogP contribution in [0.15, 0.2) is 35.5 Å². The maximum atomic E-state index is 12.8. The van der Waals surface area contributed by atoms with Crippen LogP contribution in [0, 0.1) is 0 Å². The van der Waals surface area contributed by atoms with Crippen molar-refractivity contribution in [3.05, 3.63) is 41.1 Å². The molecule has 1 unspecified atom stereocenters. The Morgan fingerprint density at radius 1 is 1.10 bits per heavy atom. The number of carbonyl (C=O) groups excluding carboxylic acids is 1. The molecule has 0 aliphatic carbocycles. The van der Waals surface area contributed by atoms with Gasteiger partial charge in [0.15, 0.2) is 0 Å².